The molecule has 9 aromatic carbocycles. The first-order valence-corrected chi connectivity index (χ1v) is 48.7. The van der Waals surface area contributed by atoms with Crippen molar-refractivity contribution in [3.05, 3.63) is 206 Å². The SMILES string of the molecule is PP(P)P(P(P)P)P(P(P)P)P(P)P.c1ccc(-c2cccc(-c3nc(-c4ccccc4)nc(-c4cccc5oc6ccc(-c7cccc8oc9cc(-n%10c%11ccccc%11c%11ccccc%11%10)ccc9c78)cc6c45)n3)c2)cc1. The first-order valence-electron chi connectivity index (χ1n) is 24.2. The van der Waals surface area contributed by atoms with Crippen LogP contribution in [0.2, 0.25) is 0 Å². The van der Waals surface area contributed by atoms with Crippen molar-refractivity contribution in [3.8, 4) is 62.1 Å². The lowest BCUT2D eigenvalue weighted by atomic mass is 9.97. The van der Waals surface area contributed by atoms with E-state index in [0.29, 0.717) is 17.5 Å². The summed E-state index contributed by atoms with van der Waals surface area (Å²) in [6.07, 6.45) is 0. The Morgan fingerprint density at radius 1 is 0.312 bits per heavy atom. The number of furan rings is 2. The van der Waals surface area contributed by atoms with Crippen molar-refractivity contribution in [1.29, 1.82) is 0 Å². The van der Waals surface area contributed by atoms with Crippen LogP contribution in [0.3, 0.4) is 0 Å². The average Bonchev–Trinajstić information content (AvgIpc) is 4.19. The zero-order valence-electron chi connectivity index (χ0n) is 41.0. The number of fused-ring (bicyclic) bond motifs is 9. The Hall–Kier alpha value is -2.59. The minimum atomic E-state index is 0.0856. The molecule has 0 spiro atoms. The van der Waals surface area contributed by atoms with E-state index >= 15 is 0 Å². The van der Waals surface area contributed by atoms with Crippen LogP contribution < -0.4 is 0 Å². The normalized spacial score (nSPS) is 12.1. The van der Waals surface area contributed by atoms with E-state index < -0.39 is 0 Å². The highest BCUT2D eigenvalue weighted by Gasteiger charge is 2.32. The fraction of sp³-hybridized carbons (Fsp3) is 0. The van der Waals surface area contributed by atoms with Crippen molar-refractivity contribution < 1.29 is 8.83 Å². The van der Waals surface area contributed by atoms with E-state index in [1.165, 1.54) is 10.8 Å². The molecule has 0 aliphatic carbocycles. The second kappa shape index (κ2) is 24.1. The lowest BCUT2D eigenvalue weighted by Gasteiger charge is -2.37. The summed E-state index contributed by atoms with van der Waals surface area (Å²) in [4.78, 5) is 15.4. The summed E-state index contributed by atoms with van der Waals surface area (Å²) in [5.74, 6) is 1.78. The first-order chi connectivity index (χ1) is 37.5. The van der Waals surface area contributed by atoms with Crippen molar-refractivity contribution >= 4 is 179 Å². The largest absolute Gasteiger partial charge is 0.456 e. The summed E-state index contributed by atoms with van der Waals surface area (Å²) in [6.45, 7) is 0.741. The van der Waals surface area contributed by atoms with Crippen molar-refractivity contribution in [2.75, 3.05) is 0 Å². The van der Waals surface area contributed by atoms with Gasteiger partial charge < -0.3 is 13.4 Å². The molecule has 0 saturated carbocycles. The van der Waals surface area contributed by atoms with Gasteiger partial charge in [-0.15, -0.1) is 71.4 Å². The van der Waals surface area contributed by atoms with Gasteiger partial charge in [-0.2, -0.15) is 0 Å². The van der Waals surface area contributed by atoms with Crippen LogP contribution in [0.4, 0.5) is 0 Å². The average molecular weight is 1260 g/mol. The molecule has 0 bridgehead atoms. The molecule has 0 N–H and O–H groups in total. The molecule has 13 aromatic rings. The van der Waals surface area contributed by atoms with Crippen LogP contribution in [0.5, 0.6) is 0 Å². The van der Waals surface area contributed by atoms with Gasteiger partial charge in [-0.05, 0) is 119 Å². The molecule has 0 radical (unpaired) electrons. The van der Waals surface area contributed by atoms with Crippen LogP contribution in [-0.2, 0) is 0 Å². The summed E-state index contributed by atoms with van der Waals surface area (Å²) in [5, 5.41) is 6.51. The fourth-order valence-electron chi connectivity index (χ4n) is 9.99. The smallest absolute Gasteiger partial charge is 0.164 e. The predicted octanol–water partition coefficient (Wildman–Crippen LogP) is 22.9. The number of hydrogen-bond donors (Lipinski definition) is 0. The molecule has 0 amide bonds. The Morgan fingerprint density at radius 3 is 1.43 bits per heavy atom. The van der Waals surface area contributed by atoms with Crippen LogP contribution in [0, 0.1) is 0 Å². The molecule has 13 rings (SSSR count). The quantitative estimate of drug-likeness (QED) is 0.121. The van der Waals surface area contributed by atoms with Gasteiger partial charge in [0.1, 0.15) is 22.3 Å². The van der Waals surface area contributed by atoms with E-state index in [2.05, 4.69) is 234 Å². The van der Waals surface area contributed by atoms with Gasteiger partial charge >= 0.3 is 0 Å². The highest BCUT2D eigenvalue weighted by molar-refractivity contribution is 9.27. The van der Waals surface area contributed by atoms with Gasteiger partial charge in [0.05, 0.1) is 11.0 Å². The highest BCUT2D eigenvalue weighted by atomic mass is 33.3. The van der Waals surface area contributed by atoms with Gasteiger partial charge in [0, 0.05) is 60.8 Å². The summed E-state index contributed by atoms with van der Waals surface area (Å²) < 4.78 is 15.6. The predicted molar refractivity (Wildman–Crippen MR) is 375 cm³/mol. The van der Waals surface area contributed by atoms with E-state index in [1.54, 1.807) is 0 Å². The maximum atomic E-state index is 6.67. The van der Waals surface area contributed by atoms with E-state index in [-0.39, 0.29) is 41.9 Å². The van der Waals surface area contributed by atoms with Gasteiger partial charge in [-0.3, -0.25) is 0 Å². The summed E-state index contributed by atoms with van der Waals surface area (Å²) in [6, 6.07) is 71.4. The molecular weight excluding hydrogens is 1210 g/mol. The molecule has 8 unspecified atom stereocenters. The molecule has 8 atom stereocenters. The zero-order chi connectivity index (χ0) is 52.9. The van der Waals surface area contributed by atoms with Crippen LogP contribution >= 0.6 is 113 Å². The molecule has 380 valence electrons. The van der Waals surface area contributed by atoms with Gasteiger partial charge in [-0.1, -0.05) is 146 Å². The number of nitrogens with zero attached hydrogens (tertiary/aromatic N) is 4. The Kier molecular flexibility index (Phi) is 17.2. The van der Waals surface area contributed by atoms with E-state index in [0.717, 1.165) is 99.5 Å². The topological polar surface area (TPSA) is 69.9 Å². The number of rotatable bonds is 11. The third-order valence-corrected chi connectivity index (χ3v) is 92.1. The van der Waals surface area contributed by atoms with Crippen LogP contribution in [0.1, 0.15) is 0 Å². The molecule has 0 saturated heterocycles. The molecular formula is C57H50N4O2P14. The van der Waals surface area contributed by atoms with Gasteiger partial charge in [0.15, 0.2) is 17.5 Å². The monoisotopic (exact) mass is 1260 g/mol. The Balaban J connectivity index is 0.000000377. The Morgan fingerprint density at radius 2 is 0.805 bits per heavy atom. The molecule has 0 aliphatic heterocycles. The lowest BCUT2D eigenvalue weighted by molar-refractivity contribution is 0.668. The summed E-state index contributed by atoms with van der Waals surface area (Å²) in [5.41, 5.74) is 13.7. The molecule has 77 heavy (non-hydrogen) atoms. The second-order valence-electron chi connectivity index (χ2n) is 18.0. The van der Waals surface area contributed by atoms with Crippen molar-refractivity contribution in [1.82, 2.24) is 19.5 Å². The van der Waals surface area contributed by atoms with E-state index in [9.17, 15) is 0 Å². The van der Waals surface area contributed by atoms with Crippen LogP contribution in [0.15, 0.2) is 215 Å². The van der Waals surface area contributed by atoms with Gasteiger partial charge in [-0.25, -0.2) is 15.0 Å². The van der Waals surface area contributed by atoms with Crippen molar-refractivity contribution in [3.63, 3.8) is 0 Å². The van der Waals surface area contributed by atoms with E-state index in [1.807, 2.05) is 48.5 Å². The molecule has 0 aliphatic rings. The minimum absolute atomic E-state index is 0.0856. The molecule has 0 fully saturated rings. The number of benzene rings is 9. The molecule has 6 nitrogen and oxygen atoms in total. The molecule has 4 aromatic heterocycles. The van der Waals surface area contributed by atoms with Crippen molar-refractivity contribution in [2.45, 2.75) is 0 Å². The minimum Gasteiger partial charge on any atom is -0.456 e. The maximum absolute atomic E-state index is 6.67. The second-order valence-corrected chi connectivity index (χ2v) is 71.5. The number of aromatic nitrogens is 4. The standard InChI is InChI=1S/C57H34N4O2.H16P14/c1-3-14-35(15-4-1)37-18-11-19-39(32-37)56-58-55(36-16-5-2-6-17-36)59-57(60-56)45-23-13-27-51-54(45)46-33-38(28-31-49(46)62-51)41-22-12-26-50-53(41)44-30-29-40(34-52(44)63-50)61-47-24-9-7-20-42(47)43-21-8-10-25-48(43)61;1-9(2)13(10(3)4)14(11(5)6)12(7)8/h1-34H;1-8H2. The molecule has 20 heteroatoms. The highest BCUT2D eigenvalue weighted by Crippen LogP contribution is 3.21. The molecule has 4 heterocycles. The zero-order valence-corrected chi connectivity index (χ0v) is 55.6. The maximum Gasteiger partial charge on any atom is 0.164 e. The van der Waals surface area contributed by atoms with Crippen LogP contribution in [-0.4, -0.2) is 19.5 Å². The fourth-order valence-corrected chi connectivity index (χ4v) is 157. The Labute approximate surface area is 472 Å². The third kappa shape index (κ3) is 11.1. The Bertz CT molecular complexity index is 4220. The lowest BCUT2D eigenvalue weighted by Crippen LogP contribution is -2.00. The van der Waals surface area contributed by atoms with E-state index in [4.69, 9.17) is 23.8 Å². The summed E-state index contributed by atoms with van der Waals surface area (Å²) in [7, 11) is 24.4. The third-order valence-electron chi connectivity index (χ3n) is 13.2. The van der Waals surface area contributed by atoms with Crippen molar-refractivity contribution in [2.24, 2.45) is 0 Å². The van der Waals surface area contributed by atoms with Crippen LogP contribution in [0.25, 0.3) is 128 Å². The number of para-hydroxylation sites is 2. The summed E-state index contributed by atoms with van der Waals surface area (Å²) >= 11 is 0. The van der Waals surface area contributed by atoms with Gasteiger partial charge in [0.25, 0.3) is 0 Å². The first kappa shape index (κ1) is 55.0. The number of hydrogen-bond acceptors (Lipinski definition) is 5. The van der Waals surface area contributed by atoms with Gasteiger partial charge in [0.2, 0.25) is 0 Å².